The van der Waals surface area contributed by atoms with Crippen molar-refractivity contribution in [2.45, 2.75) is 122 Å². The molecule has 12 heteroatoms. The van der Waals surface area contributed by atoms with E-state index in [1.807, 2.05) is 80.6 Å². The quantitative estimate of drug-likeness (QED) is 0.0450. The molecule has 4 rings (SSSR count). The largest absolute Gasteiger partial charge is 0.477 e. The summed E-state index contributed by atoms with van der Waals surface area (Å²) in [6, 6.07) is 28.1. The highest BCUT2D eigenvalue weighted by molar-refractivity contribution is 7.48. The van der Waals surface area contributed by atoms with Crippen molar-refractivity contribution in [3.05, 3.63) is 108 Å². The highest BCUT2D eigenvalue weighted by Gasteiger charge is 2.53. The molecule has 5 atom stereocenters. The van der Waals surface area contributed by atoms with Crippen LogP contribution in [0.3, 0.4) is 0 Å². The molecule has 0 radical (unpaired) electrons. The zero-order chi connectivity index (χ0) is 38.3. The van der Waals surface area contributed by atoms with Crippen molar-refractivity contribution in [2.24, 2.45) is 0 Å². The number of esters is 1. The minimum atomic E-state index is -4.24. The van der Waals surface area contributed by atoms with Gasteiger partial charge >= 0.3 is 13.8 Å². The zero-order valence-electron chi connectivity index (χ0n) is 32.4. The van der Waals surface area contributed by atoms with Crippen LogP contribution in [0.2, 0.25) is 18.1 Å². The lowest BCUT2D eigenvalue weighted by molar-refractivity contribution is -0.299. The fraction of sp³-hybridized carbons (Fsp3) is 0.537. The molecule has 1 saturated heterocycles. The van der Waals surface area contributed by atoms with Gasteiger partial charge in [0.25, 0.3) is 0 Å². The Labute approximate surface area is 317 Å². The molecule has 0 bridgehead atoms. The van der Waals surface area contributed by atoms with Crippen molar-refractivity contribution in [2.75, 3.05) is 19.8 Å². The fourth-order valence-electron chi connectivity index (χ4n) is 5.29. The molecular formula is C41H59O10PSi. The summed E-state index contributed by atoms with van der Waals surface area (Å²) in [5, 5.41) is -0.0924. The molecule has 53 heavy (non-hydrogen) atoms. The Morgan fingerprint density at radius 2 is 1.23 bits per heavy atom. The number of unbranched alkanes of at least 4 members (excludes halogenated alkanes) is 2. The second-order valence-corrected chi connectivity index (χ2v) is 21.2. The van der Waals surface area contributed by atoms with E-state index in [0.29, 0.717) is 18.4 Å². The highest BCUT2D eigenvalue weighted by Crippen LogP contribution is 2.53. The van der Waals surface area contributed by atoms with Crippen LogP contribution in [0.15, 0.2) is 91.0 Å². The number of benzene rings is 3. The molecule has 0 aromatic heterocycles. The van der Waals surface area contributed by atoms with E-state index in [-0.39, 0.29) is 38.1 Å². The molecule has 3 aromatic carbocycles. The van der Waals surface area contributed by atoms with Crippen LogP contribution in [0, 0.1) is 0 Å². The number of ether oxygens (including phenoxy) is 4. The SMILES string of the molecule is CCCCOP(=O)(OCCCC)O[C@H]1O[C@H](CO[Si](C)(C)C(C)(C)C)[C@@H](OCc2ccccc2)[C@H](OCc2ccccc2)[C@@H]1OC(=O)c1ccccc1. The van der Waals surface area contributed by atoms with E-state index in [0.717, 1.165) is 24.0 Å². The molecule has 0 spiro atoms. The Bertz CT molecular complexity index is 1520. The Morgan fingerprint density at radius 3 is 1.72 bits per heavy atom. The third-order valence-corrected chi connectivity index (χ3v) is 15.5. The van der Waals surface area contributed by atoms with Crippen LogP contribution in [0.5, 0.6) is 0 Å². The fourth-order valence-corrected chi connectivity index (χ4v) is 7.63. The van der Waals surface area contributed by atoms with Gasteiger partial charge in [-0.15, -0.1) is 0 Å². The van der Waals surface area contributed by atoms with Crippen molar-refractivity contribution in [1.82, 2.24) is 0 Å². The van der Waals surface area contributed by atoms with E-state index in [2.05, 4.69) is 33.9 Å². The van der Waals surface area contributed by atoms with Crippen molar-refractivity contribution in [3.63, 3.8) is 0 Å². The second kappa shape index (κ2) is 20.8. The zero-order valence-corrected chi connectivity index (χ0v) is 34.3. The van der Waals surface area contributed by atoms with Crippen LogP contribution in [0.4, 0.5) is 0 Å². The number of phosphoric acid groups is 1. The first-order valence-electron chi connectivity index (χ1n) is 18.8. The van der Waals surface area contributed by atoms with Crippen LogP contribution >= 0.6 is 7.82 Å². The third kappa shape index (κ3) is 13.2. The average molecular weight is 771 g/mol. The van der Waals surface area contributed by atoms with Crippen LogP contribution in [0.1, 0.15) is 81.8 Å². The maximum absolute atomic E-state index is 14.4. The Kier molecular flexibility index (Phi) is 16.9. The maximum atomic E-state index is 14.4. The molecule has 292 valence electrons. The van der Waals surface area contributed by atoms with Crippen LogP contribution in [0.25, 0.3) is 0 Å². The number of hydrogen-bond donors (Lipinski definition) is 0. The molecule has 0 unspecified atom stereocenters. The molecule has 0 saturated carbocycles. The van der Waals surface area contributed by atoms with Crippen molar-refractivity contribution in [1.29, 1.82) is 0 Å². The predicted molar refractivity (Wildman–Crippen MR) is 208 cm³/mol. The van der Waals surface area contributed by atoms with Gasteiger partial charge in [0.05, 0.1) is 38.6 Å². The first-order valence-corrected chi connectivity index (χ1v) is 23.2. The lowest BCUT2D eigenvalue weighted by Gasteiger charge is -2.46. The summed E-state index contributed by atoms with van der Waals surface area (Å²) in [6.45, 7) is 15.6. The summed E-state index contributed by atoms with van der Waals surface area (Å²) in [4.78, 5) is 13.8. The summed E-state index contributed by atoms with van der Waals surface area (Å²) in [5.74, 6) is -0.632. The minimum absolute atomic E-state index is 0.0924. The third-order valence-electron chi connectivity index (χ3n) is 9.56. The van der Waals surface area contributed by atoms with Gasteiger partial charge in [0.1, 0.15) is 18.3 Å². The number of rotatable bonds is 21. The van der Waals surface area contributed by atoms with E-state index in [9.17, 15) is 9.36 Å². The van der Waals surface area contributed by atoms with E-state index in [4.69, 9.17) is 36.9 Å². The average Bonchev–Trinajstić information content (AvgIpc) is 3.14. The molecule has 1 aliphatic heterocycles. The molecule has 1 heterocycles. The van der Waals surface area contributed by atoms with Gasteiger partial charge in [-0.2, -0.15) is 0 Å². The number of carbonyl (C=O) groups excluding carboxylic acids is 1. The summed E-state index contributed by atoms with van der Waals surface area (Å²) < 4.78 is 65.4. The van der Waals surface area contributed by atoms with E-state index >= 15 is 0 Å². The highest BCUT2D eigenvalue weighted by atomic mass is 31.2. The van der Waals surface area contributed by atoms with E-state index in [1.165, 1.54) is 0 Å². The Hall–Kier alpha value is -2.70. The predicted octanol–water partition coefficient (Wildman–Crippen LogP) is 9.89. The number of phosphoric ester groups is 1. The summed E-state index contributed by atoms with van der Waals surface area (Å²) in [7, 11) is -6.54. The number of hydrogen-bond acceptors (Lipinski definition) is 10. The molecule has 0 amide bonds. The first-order chi connectivity index (χ1) is 25.4. The van der Waals surface area contributed by atoms with Gasteiger partial charge in [-0.25, -0.2) is 9.36 Å². The Morgan fingerprint density at radius 1 is 0.736 bits per heavy atom. The maximum Gasteiger partial charge on any atom is 0.477 e. The molecule has 1 fully saturated rings. The first kappa shape index (κ1) is 43.0. The lowest BCUT2D eigenvalue weighted by Crippen LogP contribution is -2.62. The smallest absolute Gasteiger partial charge is 0.450 e. The molecule has 10 nitrogen and oxygen atoms in total. The standard InChI is InChI=1S/C41H59O10PSi/c1-8-10-27-46-52(43,47-28-11-9-2)51-40-38(50-39(42)34-25-19-14-20-26-34)37(45-30-33-23-17-13-18-24-33)36(44-29-32-21-15-12-16-22-32)35(49-40)31-48-53(6,7)41(3,4)5/h12-26,35-38,40H,8-11,27-31H2,1-7H3/t35-,36-,37+,38+,40-/m1/s1. The van der Waals surface area contributed by atoms with Gasteiger partial charge in [0.2, 0.25) is 6.29 Å². The summed E-state index contributed by atoms with van der Waals surface area (Å²) in [6.07, 6.45) is -2.32. The summed E-state index contributed by atoms with van der Waals surface area (Å²) >= 11 is 0. The van der Waals surface area contributed by atoms with Crippen LogP contribution in [-0.2, 0) is 54.7 Å². The van der Waals surface area contributed by atoms with E-state index in [1.54, 1.807) is 24.3 Å². The molecule has 0 N–H and O–H groups in total. The minimum Gasteiger partial charge on any atom is -0.450 e. The van der Waals surface area contributed by atoms with Gasteiger partial charge in [0.15, 0.2) is 14.4 Å². The van der Waals surface area contributed by atoms with Gasteiger partial charge in [0, 0.05) is 0 Å². The lowest BCUT2D eigenvalue weighted by atomic mass is 9.98. The molecule has 0 aliphatic carbocycles. The van der Waals surface area contributed by atoms with Gasteiger partial charge < -0.3 is 23.4 Å². The topological polar surface area (TPSA) is 108 Å². The molecule has 3 aromatic rings. The van der Waals surface area contributed by atoms with Crippen molar-refractivity contribution >= 4 is 22.1 Å². The summed E-state index contributed by atoms with van der Waals surface area (Å²) in [5.41, 5.74) is 2.16. The number of carbonyl (C=O) groups is 1. The molecular weight excluding hydrogens is 712 g/mol. The Balaban J connectivity index is 1.80. The van der Waals surface area contributed by atoms with Crippen molar-refractivity contribution in [3.8, 4) is 0 Å². The monoisotopic (exact) mass is 770 g/mol. The molecule has 1 aliphatic rings. The van der Waals surface area contributed by atoms with Gasteiger partial charge in [-0.1, -0.05) is 126 Å². The van der Waals surface area contributed by atoms with Crippen LogP contribution in [-0.4, -0.2) is 64.8 Å². The second-order valence-electron chi connectivity index (χ2n) is 14.8. The van der Waals surface area contributed by atoms with Crippen molar-refractivity contribution < 1.29 is 46.3 Å². The van der Waals surface area contributed by atoms with E-state index < -0.39 is 52.8 Å². The normalized spacial score (nSPS) is 21.0. The van der Waals surface area contributed by atoms with Gasteiger partial charge in [-0.05, 0) is 54.2 Å². The van der Waals surface area contributed by atoms with Gasteiger partial charge in [-0.3, -0.25) is 13.6 Å². The van der Waals surface area contributed by atoms with Crippen LogP contribution < -0.4 is 0 Å².